The molecule has 1 aliphatic heterocycles. The first-order valence-corrected chi connectivity index (χ1v) is 7.24. The van der Waals surface area contributed by atoms with Crippen LogP contribution < -0.4 is 0 Å². The third-order valence-electron chi connectivity index (χ3n) is 3.67. The van der Waals surface area contributed by atoms with E-state index in [0.29, 0.717) is 0 Å². The summed E-state index contributed by atoms with van der Waals surface area (Å²) < 4.78 is 0. The van der Waals surface area contributed by atoms with Gasteiger partial charge in [0.1, 0.15) is 0 Å². The minimum absolute atomic E-state index is 0.0188. The maximum absolute atomic E-state index is 12.5. The Kier molecular flexibility index (Phi) is 4.23. The van der Waals surface area contributed by atoms with Gasteiger partial charge in [0.15, 0.2) is 0 Å². The van der Waals surface area contributed by atoms with E-state index in [1.165, 1.54) is 12.8 Å². The Labute approximate surface area is 116 Å². The molecule has 0 spiro atoms. The molecule has 0 radical (unpaired) electrons. The van der Waals surface area contributed by atoms with Crippen LogP contribution in [0, 0.1) is 0 Å². The van der Waals surface area contributed by atoms with Gasteiger partial charge in [-0.3, -0.25) is 9.78 Å². The Balaban J connectivity index is 2.18. The zero-order valence-electron chi connectivity index (χ0n) is 12.3. The van der Waals surface area contributed by atoms with Crippen LogP contribution in [0.1, 0.15) is 62.5 Å². The molecule has 1 saturated heterocycles. The number of aromatic nitrogens is 1. The SMILES string of the molecule is CC(C)(C)c1cc(C(=O)N2CCCCCC2)ccn1. The molecule has 1 aromatic heterocycles. The molecule has 19 heavy (non-hydrogen) atoms. The summed E-state index contributed by atoms with van der Waals surface area (Å²) in [7, 11) is 0. The molecule has 0 saturated carbocycles. The Morgan fingerprint density at radius 1 is 1.16 bits per heavy atom. The number of nitrogens with zero attached hydrogens (tertiary/aromatic N) is 2. The number of carbonyl (C=O) groups is 1. The van der Waals surface area contributed by atoms with Crippen molar-refractivity contribution >= 4 is 5.91 Å². The van der Waals surface area contributed by atoms with E-state index in [4.69, 9.17) is 0 Å². The van der Waals surface area contributed by atoms with Crippen molar-refractivity contribution in [3.8, 4) is 0 Å². The fraction of sp³-hybridized carbons (Fsp3) is 0.625. The summed E-state index contributed by atoms with van der Waals surface area (Å²) in [6.07, 6.45) is 6.50. The second-order valence-corrected chi connectivity index (χ2v) is 6.39. The van der Waals surface area contributed by atoms with Crippen molar-refractivity contribution in [1.29, 1.82) is 0 Å². The van der Waals surface area contributed by atoms with Crippen LogP contribution in [0.2, 0.25) is 0 Å². The zero-order valence-corrected chi connectivity index (χ0v) is 12.3. The van der Waals surface area contributed by atoms with Gasteiger partial charge in [0, 0.05) is 36.0 Å². The number of hydrogen-bond donors (Lipinski definition) is 0. The van der Waals surface area contributed by atoms with E-state index in [0.717, 1.165) is 37.2 Å². The molecule has 0 aliphatic carbocycles. The van der Waals surface area contributed by atoms with E-state index in [1.807, 2.05) is 17.0 Å². The summed E-state index contributed by atoms with van der Waals surface area (Å²) in [5.74, 6) is 0.162. The average molecular weight is 260 g/mol. The van der Waals surface area contributed by atoms with Crippen molar-refractivity contribution < 1.29 is 4.79 Å². The predicted molar refractivity (Wildman–Crippen MR) is 77.3 cm³/mol. The molecule has 1 fully saturated rings. The molecule has 0 aromatic carbocycles. The quantitative estimate of drug-likeness (QED) is 0.775. The summed E-state index contributed by atoms with van der Waals surface area (Å²) in [6, 6.07) is 3.79. The van der Waals surface area contributed by atoms with Crippen LogP contribution >= 0.6 is 0 Å². The number of carbonyl (C=O) groups excluding carboxylic acids is 1. The van der Waals surface area contributed by atoms with Crippen LogP contribution in [-0.2, 0) is 5.41 Å². The zero-order chi connectivity index (χ0) is 13.9. The van der Waals surface area contributed by atoms with Crippen LogP contribution in [0.5, 0.6) is 0 Å². The first-order valence-electron chi connectivity index (χ1n) is 7.24. The number of amides is 1. The van der Waals surface area contributed by atoms with Crippen LogP contribution in [0.25, 0.3) is 0 Å². The lowest BCUT2D eigenvalue weighted by molar-refractivity contribution is 0.0761. The molecule has 1 amide bonds. The summed E-state index contributed by atoms with van der Waals surface area (Å²) in [4.78, 5) is 18.9. The molecule has 3 nitrogen and oxygen atoms in total. The molecule has 1 aliphatic rings. The molecular weight excluding hydrogens is 236 g/mol. The first-order chi connectivity index (χ1) is 8.98. The predicted octanol–water partition coefficient (Wildman–Crippen LogP) is 3.40. The largest absolute Gasteiger partial charge is 0.339 e. The maximum atomic E-state index is 12.5. The maximum Gasteiger partial charge on any atom is 0.253 e. The van der Waals surface area contributed by atoms with Gasteiger partial charge >= 0.3 is 0 Å². The van der Waals surface area contributed by atoms with Crippen molar-refractivity contribution in [2.24, 2.45) is 0 Å². The summed E-state index contributed by atoms with van der Waals surface area (Å²) in [5.41, 5.74) is 1.74. The number of likely N-dealkylation sites (tertiary alicyclic amines) is 1. The standard InChI is InChI=1S/C16H24N2O/c1-16(2,3)14-12-13(8-9-17-14)15(19)18-10-6-4-5-7-11-18/h8-9,12H,4-7,10-11H2,1-3H3. The lowest BCUT2D eigenvalue weighted by Crippen LogP contribution is -2.32. The van der Waals surface area contributed by atoms with E-state index in [2.05, 4.69) is 25.8 Å². The molecule has 1 aromatic rings. The Morgan fingerprint density at radius 3 is 2.37 bits per heavy atom. The second kappa shape index (κ2) is 5.72. The molecule has 0 bridgehead atoms. The lowest BCUT2D eigenvalue weighted by Gasteiger charge is -2.22. The molecule has 2 heterocycles. The van der Waals surface area contributed by atoms with E-state index < -0.39 is 0 Å². The number of hydrogen-bond acceptors (Lipinski definition) is 2. The van der Waals surface area contributed by atoms with Crippen LogP contribution in [0.15, 0.2) is 18.3 Å². The molecule has 0 atom stereocenters. The minimum atomic E-state index is -0.0188. The van der Waals surface area contributed by atoms with Crippen LogP contribution in [0.3, 0.4) is 0 Å². The van der Waals surface area contributed by atoms with Gasteiger partial charge in [-0.1, -0.05) is 33.6 Å². The van der Waals surface area contributed by atoms with E-state index in [1.54, 1.807) is 6.20 Å². The van der Waals surface area contributed by atoms with Gasteiger partial charge in [0.2, 0.25) is 0 Å². The normalized spacial score (nSPS) is 17.1. The third kappa shape index (κ3) is 3.55. The lowest BCUT2D eigenvalue weighted by atomic mass is 9.91. The monoisotopic (exact) mass is 260 g/mol. The van der Waals surface area contributed by atoms with Gasteiger partial charge in [-0.05, 0) is 25.0 Å². The van der Waals surface area contributed by atoms with E-state index in [9.17, 15) is 4.79 Å². The number of pyridine rings is 1. The van der Waals surface area contributed by atoms with Gasteiger partial charge < -0.3 is 4.90 Å². The molecule has 3 heteroatoms. The molecule has 0 unspecified atom stereocenters. The van der Waals surface area contributed by atoms with Gasteiger partial charge in [0.25, 0.3) is 5.91 Å². The second-order valence-electron chi connectivity index (χ2n) is 6.39. The molecule has 0 N–H and O–H groups in total. The third-order valence-corrected chi connectivity index (χ3v) is 3.67. The van der Waals surface area contributed by atoms with Crippen LogP contribution in [-0.4, -0.2) is 28.9 Å². The Hall–Kier alpha value is -1.38. The van der Waals surface area contributed by atoms with Gasteiger partial charge in [-0.2, -0.15) is 0 Å². The van der Waals surface area contributed by atoms with Crippen molar-refractivity contribution in [2.75, 3.05) is 13.1 Å². The summed E-state index contributed by atoms with van der Waals surface area (Å²) in [6.45, 7) is 8.15. The van der Waals surface area contributed by atoms with E-state index >= 15 is 0 Å². The Bertz CT molecular complexity index is 440. The molecule has 2 rings (SSSR count). The van der Waals surface area contributed by atoms with Crippen molar-refractivity contribution in [1.82, 2.24) is 9.88 Å². The van der Waals surface area contributed by atoms with E-state index in [-0.39, 0.29) is 11.3 Å². The van der Waals surface area contributed by atoms with Crippen molar-refractivity contribution in [3.05, 3.63) is 29.6 Å². The summed E-state index contributed by atoms with van der Waals surface area (Å²) >= 11 is 0. The highest BCUT2D eigenvalue weighted by Gasteiger charge is 2.20. The van der Waals surface area contributed by atoms with Crippen molar-refractivity contribution in [3.63, 3.8) is 0 Å². The minimum Gasteiger partial charge on any atom is -0.339 e. The van der Waals surface area contributed by atoms with Gasteiger partial charge in [-0.15, -0.1) is 0 Å². The fourth-order valence-electron chi connectivity index (χ4n) is 2.43. The van der Waals surface area contributed by atoms with Gasteiger partial charge in [-0.25, -0.2) is 0 Å². The smallest absolute Gasteiger partial charge is 0.253 e. The molecular formula is C16H24N2O. The first kappa shape index (κ1) is 14.0. The highest BCUT2D eigenvalue weighted by molar-refractivity contribution is 5.94. The van der Waals surface area contributed by atoms with Crippen LogP contribution in [0.4, 0.5) is 0 Å². The van der Waals surface area contributed by atoms with Crippen molar-refractivity contribution in [2.45, 2.75) is 51.9 Å². The molecule has 104 valence electrons. The summed E-state index contributed by atoms with van der Waals surface area (Å²) in [5, 5.41) is 0. The van der Waals surface area contributed by atoms with Gasteiger partial charge in [0.05, 0.1) is 0 Å². The highest BCUT2D eigenvalue weighted by Crippen LogP contribution is 2.21. The number of rotatable bonds is 1. The Morgan fingerprint density at radius 2 is 1.79 bits per heavy atom. The average Bonchev–Trinajstić information content (AvgIpc) is 2.66. The fourth-order valence-corrected chi connectivity index (χ4v) is 2.43. The topological polar surface area (TPSA) is 33.2 Å². The highest BCUT2D eigenvalue weighted by atomic mass is 16.2.